The maximum absolute atomic E-state index is 6.19. The van der Waals surface area contributed by atoms with Gasteiger partial charge in [-0.25, -0.2) is 0 Å². The average Bonchev–Trinajstić information content (AvgIpc) is 3.08. The van der Waals surface area contributed by atoms with Crippen LogP contribution in [-0.2, 0) is 9.47 Å². The molecule has 0 aliphatic carbocycles. The van der Waals surface area contributed by atoms with Gasteiger partial charge in [0.1, 0.15) is 13.2 Å². The second kappa shape index (κ2) is 6.19. The van der Waals surface area contributed by atoms with Crippen LogP contribution in [0.5, 0.6) is 0 Å². The highest BCUT2D eigenvalue weighted by molar-refractivity contribution is 7.31. The first-order valence-electron chi connectivity index (χ1n) is 9.34. The normalized spacial score (nSPS) is 21.6. The van der Waals surface area contributed by atoms with Crippen molar-refractivity contribution in [2.75, 3.05) is 13.2 Å². The predicted octanol–water partition coefficient (Wildman–Crippen LogP) is 3.49. The largest absolute Gasteiger partial charge is 0.518 e. The van der Waals surface area contributed by atoms with Gasteiger partial charge in [-0.05, 0) is 27.7 Å². The molecule has 2 aliphatic rings. The van der Waals surface area contributed by atoms with Crippen molar-refractivity contribution in [1.29, 1.82) is 0 Å². The Morgan fingerprint density at radius 2 is 1.40 bits per heavy atom. The van der Waals surface area contributed by atoms with E-state index in [-0.39, 0.29) is 11.1 Å². The van der Waals surface area contributed by atoms with E-state index in [0.717, 1.165) is 17.9 Å². The first-order valence-corrected chi connectivity index (χ1v) is 9.34. The Kier molecular flexibility index (Phi) is 4.46. The van der Waals surface area contributed by atoms with Crippen LogP contribution in [0.2, 0.25) is 6.32 Å². The van der Waals surface area contributed by atoms with Crippen molar-refractivity contribution in [1.82, 2.24) is 0 Å². The van der Waals surface area contributed by atoms with Gasteiger partial charge in [0.05, 0.1) is 11.1 Å². The standard InChI is InChI=1S/C20H30BN2O2/c1-15(2)12-21(16-10-8-7-9-11-16,17-22-19(3,4)13-24-17)18-23-20(5,6)14-25-18/h7-11,15H,12-14H2,1-6H3/q-1. The Balaban J connectivity index is 2.22. The summed E-state index contributed by atoms with van der Waals surface area (Å²) in [4.78, 5) is 9.95. The molecule has 0 fully saturated rings. The Labute approximate surface area is 151 Å². The summed E-state index contributed by atoms with van der Waals surface area (Å²) in [7, 11) is 0. The molecule has 0 unspecified atom stereocenters. The van der Waals surface area contributed by atoms with Crippen molar-refractivity contribution < 1.29 is 9.47 Å². The van der Waals surface area contributed by atoms with Crippen molar-refractivity contribution in [2.24, 2.45) is 15.9 Å². The van der Waals surface area contributed by atoms with E-state index in [1.807, 2.05) is 6.07 Å². The zero-order valence-corrected chi connectivity index (χ0v) is 16.4. The number of nitrogens with zero attached hydrogens (tertiary/aromatic N) is 2. The fourth-order valence-electron chi connectivity index (χ4n) is 3.95. The molecule has 0 aromatic heterocycles. The smallest absolute Gasteiger partial charge is 0.206 e. The maximum Gasteiger partial charge on any atom is 0.206 e. The van der Waals surface area contributed by atoms with Crippen molar-refractivity contribution in [3.63, 3.8) is 0 Å². The zero-order chi connectivity index (χ0) is 18.3. The SMILES string of the molecule is CC(C)C[B-](C1=NC(C)(C)CO1)(C1=NC(C)(C)CO1)c1ccccc1. The van der Waals surface area contributed by atoms with E-state index >= 15 is 0 Å². The van der Waals surface area contributed by atoms with Gasteiger partial charge in [-0.1, -0.05) is 50.1 Å². The lowest BCUT2D eigenvalue weighted by molar-refractivity contribution is 0.277. The van der Waals surface area contributed by atoms with Crippen LogP contribution in [0, 0.1) is 5.92 Å². The molecule has 4 nitrogen and oxygen atoms in total. The van der Waals surface area contributed by atoms with Crippen molar-refractivity contribution >= 4 is 23.2 Å². The molecule has 0 saturated carbocycles. The minimum atomic E-state index is -1.43. The number of hydrogen-bond acceptors (Lipinski definition) is 4. The molecule has 0 radical (unpaired) electrons. The second-order valence-electron chi connectivity index (χ2n) is 9.19. The van der Waals surface area contributed by atoms with Crippen LogP contribution in [0.1, 0.15) is 41.5 Å². The Bertz CT molecular complexity index is 659. The predicted molar refractivity (Wildman–Crippen MR) is 106 cm³/mol. The third kappa shape index (κ3) is 3.46. The van der Waals surface area contributed by atoms with Gasteiger partial charge in [-0.3, -0.25) is 9.98 Å². The number of benzene rings is 1. The molecule has 0 N–H and O–H groups in total. The fraction of sp³-hybridized carbons (Fsp3) is 0.600. The van der Waals surface area contributed by atoms with Gasteiger partial charge in [-0.15, -0.1) is 0 Å². The van der Waals surface area contributed by atoms with E-state index in [0.29, 0.717) is 19.1 Å². The van der Waals surface area contributed by atoms with Crippen LogP contribution in [0.25, 0.3) is 0 Å². The van der Waals surface area contributed by atoms with Gasteiger partial charge in [0.2, 0.25) is 6.15 Å². The molecule has 3 rings (SSSR count). The first-order chi connectivity index (χ1) is 11.6. The molecule has 5 heteroatoms. The Morgan fingerprint density at radius 3 is 1.76 bits per heavy atom. The van der Waals surface area contributed by atoms with Gasteiger partial charge in [-0.2, -0.15) is 11.8 Å². The Hall–Kier alpha value is -1.78. The van der Waals surface area contributed by atoms with Crippen LogP contribution in [0.15, 0.2) is 40.3 Å². The van der Waals surface area contributed by atoms with Crippen LogP contribution in [0.3, 0.4) is 0 Å². The summed E-state index contributed by atoms with van der Waals surface area (Å²) in [5.74, 6) is 2.08. The van der Waals surface area contributed by atoms with Crippen LogP contribution in [0.4, 0.5) is 0 Å². The van der Waals surface area contributed by atoms with Gasteiger partial charge in [0, 0.05) is 11.6 Å². The van der Waals surface area contributed by atoms with E-state index in [4.69, 9.17) is 19.5 Å². The fourth-order valence-corrected chi connectivity index (χ4v) is 3.95. The van der Waals surface area contributed by atoms with Gasteiger partial charge >= 0.3 is 0 Å². The van der Waals surface area contributed by atoms with Gasteiger partial charge in [0.25, 0.3) is 0 Å². The number of rotatable bonds is 5. The first kappa shape index (κ1) is 18.0. The number of hydrogen-bond donors (Lipinski definition) is 0. The molecule has 136 valence electrons. The van der Waals surface area contributed by atoms with Crippen LogP contribution >= 0.6 is 0 Å². The van der Waals surface area contributed by atoms with E-state index in [1.165, 1.54) is 5.46 Å². The van der Waals surface area contributed by atoms with E-state index in [9.17, 15) is 0 Å². The summed E-state index contributed by atoms with van der Waals surface area (Å²) in [6, 6.07) is 10.5. The maximum atomic E-state index is 6.19. The summed E-state index contributed by atoms with van der Waals surface area (Å²) in [6.45, 7) is 14.1. The molecule has 0 spiro atoms. The Morgan fingerprint density at radius 1 is 0.920 bits per heavy atom. The highest BCUT2D eigenvalue weighted by Gasteiger charge is 2.46. The molecule has 2 aliphatic heterocycles. The summed E-state index contributed by atoms with van der Waals surface area (Å²) in [5, 5.41) is 0. The molecule has 0 atom stereocenters. The minimum absolute atomic E-state index is 0.206. The summed E-state index contributed by atoms with van der Waals surface area (Å²) >= 11 is 0. The minimum Gasteiger partial charge on any atom is -0.518 e. The summed E-state index contributed by atoms with van der Waals surface area (Å²) < 4.78 is 12.4. The molecule has 1 aromatic rings. The van der Waals surface area contributed by atoms with Gasteiger partial charge < -0.3 is 9.47 Å². The molecular weight excluding hydrogens is 311 g/mol. The third-order valence-electron chi connectivity index (χ3n) is 5.01. The van der Waals surface area contributed by atoms with E-state index in [1.54, 1.807) is 0 Å². The quantitative estimate of drug-likeness (QED) is 0.770. The molecule has 25 heavy (non-hydrogen) atoms. The van der Waals surface area contributed by atoms with Crippen LogP contribution in [-0.4, -0.2) is 42.0 Å². The highest BCUT2D eigenvalue weighted by Crippen LogP contribution is 2.32. The molecule has 0 amide bonds. The van der Waals surface area contributed by atoms with Crippen molar-refractivity contribution in [3.05, 3.63) is 30.3 Å². The lowest BCUT2D eigenvalue weighted by Gasteiger charge is -2.40. The van der Waals surface area contributed by atoms with Crippen LogP contribution < -0.4 is 5.46 Å². The summed E-state index contributed by atoms with van der Waals surface area (Å²) in [6.07, 6.45) is -0.517. The second-order valence-corrected chi connectivity index (χ2v) is 9.19. The molecule has 2 heterocycles. The molecule has 0 saturated heterocycles. The topological polar surface area (TPSA) is 43.2 Å². The van der Waals surface area contributed by atoms with Crippen molar-refractivity contribution in [2.45, 2.75) is 58.9 Å². The number of aliphatic imine (C=N–C) groups is 2. The average molecular weight is 341 g/mol. The monoisotopic (exact) mass is 341 g/mol. The lowest BCUT2D eigenvalue weighted by atomic mass is 9.18. The van der Waals surface area contributed by atoms with E-state index in [2.05, 4.69) is 65.8 Å². The zero-order valence-electron chi connectivity index (χ0n) is 16.4. The lowest BCUT2D eigenvalue weighted by Crippen LogP contribution is -2.63. The van der Waals surface area contributed by atoms with Crippen molar-refractivity contribution in [3.8, 4) is 0 Å². The highest BCUT2D eigenvalue weighted by atomic mass is 16.5. The van der Waals surface area contributed by atoms with Gasteiger partial charge in [0.15, 0.2) is 0 Å². The molecule has 1 aromatic carbocycles. The molecular formula is C20H30BN2O2-. The van der Waals surface area contributed by atoms with E-state index < -0.39 is 6.15 Å². The number of ether oxygens (including phenoxy) is 2. The summed E-state index contributed by atoms with van der Waals surface area (Å²) in [5.41, 5.74) is 0.787. The third-order valence-corrected chi connectivity index (χ3v) is 5.01. The molecule has 0 bridgehead atoms.